The molecule has 0 amide bonds. The van der Waals surface area contributed by atoms with Crippen LogP contribution in [0.1, 0.15) is 23.6 Å². The summed E-state index contributed by atoms with van der Waals surface area (Å²) in [6.45, 7) is 6.15. The molecule has 0 radical (unpaired) electrons. The maximum Gasteiger partial charge on any atom is 0.0692 e. The Bertz CT molecular complexity index is 556. The lowest BCUT2D eigenvalue weighted by Gasteiger charge is -2.04. The van der Waals surface area contributed by atoms with Crippen molar-refractivity contribution in [2.24, 2.45) is 4.99 Å². The van der Waals surface area contributed by atoms with Crippen LogP contribution in [0.15, 0.2) is 47.7 Å². The van der Waals surface area contributed by atoms with Crippen molar-refractivity contribution in [2.75, 3.05) is 0 Å². The smallest absolute Gasteiger partial charge is 0.0692 e. The van der Waals surface area contributed by atoms with E-state index < -0.39 is 0 Å². The number of hydrogen-bond acceptors (Lipinski definition) is 2. The zero-order valence-electron chi connectivity index (χ0n) is 10.4. The van der Waals surface area contributed by atoms with Crippen LogP contribution >= 0.6 is 0 Å². The van der Waals surface area contributed by atoms with Crippen LogP contribution in [-0.4, -0.2) is 10.7 Å². The molecule has 0 aliphatic heterocycles. The molecule has 2 aromatic rings. The predicted molar refractivity (Wildman–Crippen MR) is 72.0 cm³/mol. The lowest BCUT2D eigenvalue weighted by atomic mass is 10.1. The summed E-state index contributed by atoms with van der Waals surface area (Å²) in [5.41, 5.74) is 5.53. The first kappa shape index (κ1) is 11.5. The van der Waals surface area contributed by atoms with Crippen molar-refractivity contribution in [2.45, 2.75) is 20.8 Å². The Morgan fingerprint density at radius 3 is 2.71 bits per heavy atom. The van der Waals surface area contributed by atoms with Gasteiger partial charge in [-0.1, -0.05) is 29.8 Å². The molecule has 2 nitrogen and oxygen atoms in total. The van der Waals surface area contributed by atoms with Gasteiger partial charge in [-0.2, -0.15) is 0 Å². The Balaban J connectivity index is 2.38. The summed E-state index contributed by atoms with van der Waals surface area (Å²) < 4.78 is 0. The molecule has 0 spiro atoms. The summed E-state index contributed by atoms with van der Waals surface area (Å²) in [5, 5.41) is 0. The third-order valence-corrected chi connectivity index (χ3v) is 2.71. The monoisotopic (exact) mass is 224 g/mol. The lowest BCUT2D eigenvalue weighted by molar-refractivity contribution is 1.25. The van der Waals surface area contributed by atoms with Gasteiger partial charge in [-0.3, -0.25) is 9.98 Å². The van der Waals surface area contributed by atoms with Gasteiger partial charge in [0.05, 0.1) is 5.69 Å². The van der Waals surface area contributed by atoms with E-state index in [-0.39, 0.29) is 0 Å². The van der Waals surface area contributed by atoms with Gasteiger partial charge in [0.25, 0.3) is 0 Å². The Labute approximate surface area is 102 Å². The van der Waals surface area contributed by atoms with Crippen molar-refractivity contribution in [1.29, 1.82) is 0 Å². The van der Waals surface area contributed by atoms with E-state index in [1.807, 2.05) is 26.1 Å². The maximum absolute atomic E-state index is 4.65. The number of rotatable bonds is 2. The molecule has 86 valence electrons. The van der Waals surface area contributed by atoms with E-state index in [1.165, 1.54) is 11.1 Å². The molecular formula is C15H16N2. The van der Waals surface area contributed by atoms with Gasteiger partial charge < -0.3 is 0 Å². The molecule has 2 heteroatoms. The molecule has 2 rings (SSSR count). The zero-order valence-corrected chi connectivity index (χ0v) is 10.4. The molecule has 17 heavy (non-hydrogen) atoms. The Kier molecular flexibility index (Phi) is 3.33. The van der Waals surface area contributed by atoms with E-state index in [2.05, 4.69) is 41.2 Å². The molecule has 1 aromatic carbocycles. The van der Waals surface area contributed by atoms with Gasteiger partial charge in [0.15, 0.2) is 0 Å². The highest BCUT2D eigenvalue weighted by atomic mass is 14.8. The van der Waals surface area contributed by atoms with E-state index in [1.54, 1.807) is 6.20 Å². The van der Waals surface area contributed by atoms with Crippen molar-refractivity contribution in [3.63, 3.8) is 0 Å². The van der Waals surface area contributed by atoms with E-state index in [0.29, 0.717) is 0 Å². The number of hydrogen-bond donors (Lipinski definition) is 0. The van der Waals surface area contributed by atoms with Crippen LogP contribution in [-0.2, 0) is 0 Å². The van der Waals surface area contributed by atoms with Gasteiger partial charge in [-0.05, 0) is 38.0 Å². The van der Waals surface area contributed by atoms with Crippen LogP contribution in [0.4, 0.5) is 5.69 Å². The SMILES string of the molecule is CC(=Nc1ccncc1C)c1cccc(C)c1. The minimum absolute atomic E-state index is 0.985. The van der Waals surface area contributed by atoms with Gasteiger partial charge in [0.1, 0.15) is 0 Å². The number of aliphatic imine (C=N–C) groups is 1. The number of aryl methyl sites for hydroxylation is 2. The summed E-state index contributed by atoms with van der Waals surface area (Å²) in [7, 11) is 0. The van der Waals surface area contributed by atoms with E-state index in [9.17, 15) is 0 Å². The van der Waals surface area contributed by atoms with Crippen LogP contribution in [0.2, 0.25) is 0 Å². The van der Waals surface area contributed by atoms with Crippen LogP contribution in [0.5, 0.6) is 0 Å². The summed E-state index contributed by atoms with van der Waals surface area (Å²) in [5.74, 6) is 0. The lowest BCUT2D eigenvalue weighted by Crippen LogP contribution is -1.94. The second-order valence-corrected chi connectivity index (χ2v) is 4.23. The highest BCUT2D eigenvalue weighted by molar-refractivity contribution is 6.00. The zero-order chi connectivity index (χ0) is 12.3. The first-order valence-corrected chi connectivity index (χ1v) is 5.70. The van der Waals surface area contributed by atoms with Crippen molar-refractivity contribution < 1.29 is 0 Å². The Hall–Kier alpha value is -1.96. The van der Waals surface area contributed by atoms with Crippen molar-refractivity contribution in [3.8, 4) is 0 Å². The van der Waals surface area contributed by atoms with Gasteiger partial charge in [-0.15, -0.1) is 0 Å². The normalized spacial score (nSPS) is 11.6. The molecule has 0 saturated heterocycles. The Morgan fingerprint density at radius 2 is 2.00 bits per heavy atom. The molecule has 0 unspecified atom stereocenters. The van der Waals surface area contributed by atoms with Crippen LogP contribution < -0.4 is 0 Å². The fourth-order valence-electron chi connectivity index (χ4n) is 1.71. The Morgan fingerprint density at radius 1 is 1.18 bits per heavy atom. The molecule has 1 heterocycles. The van der Waals surface area contributed by atoms with Crippen LogP contribution in [0.25, 0.3) is 0 Å². The topological polar surface area (TPSA) is 25.2 Å². The standard InChI is InChI=1S/C15H16N2/c1-11-5-4-6-14(9-11)13(3)17-15-7-8-16-10-12(15)2/h4-10H,1-3H3. The van der Waals surface area contributed by atoms with E-state index >= 15 is 0 Å². The average Bonchev–Trinajstić information content (AvgIpc) is 2.32. The molecular weight excluding hydrogens is 208 g/mol. The fourth-order valence-corrected chi connectivity index (χ4v) is 1.71. The van der Waals surface area contributed by atoms with Gasteiger partial charge in [0, 0.05) is 18.1 Å². The first-order chi connectivity index (χ1) is 8.16. The van der Waals surface area contributed by atoms with Crippen molar-refractivity contribution >= 4 is 11.4 Å². The number of nitrogens with zero attached hydrogens (tertiary/aromatic N) is 2. The van der Waals surface area contributed by atoms with Crippen LogP contribution in [0, 0.1) is 13.8 Å². The second-order valence-electron chi connectivity index (χ2n) is 4.23. The highest BCUT2D eigenvalue weighted by Crippen LogP contribution is 2.18. The summed E-state index contributed by atoms with van der Waals surface area (Å²) in [4.78, 5) is 8.72. The minimum atomic E-state index is 0.985. The third kappa shape index (κ3) is 2.78. The summed E-state index contributed by atoms with van der Waals surface area (Å²) >= 11 is 0. The summed E-state index contributed by atoms with van der Waals surface area (Å²) in [6, 6.07) is 10.3. The van der Waals surface area contributed by atoms with Crippen molar-refractivity contribution in [1.82, 2.24) is 4.98 Å². The predicted octanol–water partition coefficient (Wildman–Crippen LogP) is 3.84. The first-order valence-electron chi connectivity index (χ1n) is 5.70. The van der Waals surface area contributed by atoms with Gasteiger partial charge >= 0.3 is 0 Å². The number of pyridine rings is 1. The largest absolute Gasteiger partial charge is 0.264 e. The molecule has 0 aliphatic rings. The molecule has 0 aliphatic carbocycles. The van der Waals surface area contributed by atoms with Gasteiger partial charge in [-0.25, -0.2) is 0 Å². The van der Waals surface area contributed by atoms with E-state index in [4.69, 9.17) is 0 Å². The molecule has 0 fully saturated rings. The average molecular weight is 224 g/mol. The highest BCUT2D eigenvalue weighted by Gasteiger charge is 2.00. The quantitative estimate of drug-likeness (QED) is 0.711. The second kappa shape index (κ2) is 4.91. The van der Waals surface area contributed by atoms with E-state index in [0.717, 1.165) is 17.0 Å². The molecule has 0 atom stereocenters. The fraction of sp³-hybridized carbons (Fsp3) is 0.200. The molecule has 0 N–H and O–H groups in total. The number of benzene rings is 1. The van der Waals surface area contributed by atoms with Crippen molar-refractivity contribution in [3.05, 3.63) is 59.4 Å². The van der Waals surface area contributed by atoms with Gasteiger partial charge in [0.2, 0.25) is 0 Å². The molecule has 0 saturated carbocycles. The maximum atomic E-state index is 4.65. The molecule has 1 aromatic heterocycles. The third-order valence-electron chi connectivity index (χ3n) is 2.71. The summed E-state index contributed by atoms with van der Waals surface area (Å²) in [6.07, 6.45) is 3.61. The minimum Gasteiger partial charge on any atom is -0.264 e. The molecule has 0 bridgehead atoms. The number of aromatic nitrogens is 1. The van der Waals surface area contributed by atoms with Crippen LogP contribution in [0.3, 0.4) is 0 Å².